The van der Waals surface area contributed by atoms with Crippen molar-refractivity contribution in [1.82, 2.24) is 4.90 Å². The molecule has 0 aliphatic carbocycles. The van der Waals surface area contributed by atoms with E-state index < -0.39 is 22.9 Å². The third kappa shape index (κ3) is 5.58. The minimum absolute atomic E-state index is 0.0238. The molecule has 1 saturated heterocycles. The van der Waals surface area contributed by atoms with E-state index in [4.69, 9.17) is 9.47 Å². The minimum Gasteiger partial charge on any atom is -0.495 e. The van der Waals surface area contributed by atoms with E-state index in [2.05, 4.69) is 5.32 Å². The molecule has 1 atom stereocenters. The van der Waals surface area contributed by atoms with Gasteiger partial charge in [0.1, 0.15) is 5.75 Å². The lowest BCUT2D eigenvalue weighted by Gasteiger charge is -2.17. The molecule has 0 saturated carbocycles. The zero-order valence-electron chi connectivity index (χ0n) is 14.8. The highest BCUT2D eigenvalue weighted by molar-refractivity contribution is 8.13. The molecule has 10 nitrogen and oxygen atoms in total. The third-order valence-electron chi connectivity index (χ3n) is 3.76. The Balaban J connectivity index is 1.91. The Bertz CT molecular complexity index is 756. The lowest BCUT2D eigenvalue weighted by molar-refractivity contribution is -0.384. The monoisotopic (exact) mass is 397 g/mol. The fraction of sp³-hybridized carbons (Fsp3) is 0.438. The van der Waals surface area contributed by atoms with Gasteiger partial charge in [-0.2, -0.15) is 0 Å². The average molecular weight is 397 g/mol. The summed E-state index contributed by atoms with van der Waals surface area (Å²) < 4.78 is 10.1. The van der Waals surface area contributed by atoms with Gasteiger partial charge in [-0.25, -0.2) is 0 Å². The van der Waals surface area contributed by atoms with Crippen molar-refractivity contribution in [3.8, 4) is 5.75 Å². The van der Waals surface area contributed by atoms with Crippen molar-refractivity contribution in [2.75, 3.05) is 31.3 Å². The summed E-state index contributed by atoms with van der Waals surface area (Å²) in [5, 5.41) is 13.3. The number of amides is 2. The van der Waals surface area contributed by atoms with Crippen LogP contribution in [0.3, 0.4) is 0 Å². The predicted octanol–water partition coefficient (Wildman–Crippen LogP) is 2.03. The predicted molar refractivity (Wildman–Crippen MR) is 97.9 cm³/mol. The van der Waals surface area contributed by atoms with Crippen LogP contribution in [-0.2, 0) is 14.3 Å². The number of benzene rings is 1. The van der Waals surface area contributed by atoms with E-state index in [9.17, 15) is 24.5 Å². The Labute approximate surface area is 159 Å². The summed E-state index contributed by atoms with van der Waals surface area (Å²) >= 11 is 1.19. The van der Waals surface area contributed by atoms with Crippen LogP contribution in [-0.4, -0.2) is 59.0 Å². The van der Waals surface area contributed by atoms with Crippen LogP contribution >= 0.6 is 11.8 Å². The molecule has 11 heteroatoms. The van der Waals surface area contributed by atoms with Gasteiger partial charge in [0, 0.05) is 31.0 Å². The molecule has 1 aromatic carbocycles. The van der Waals surface area contributed by atoms with Crippen molar-refractivity contribution in [3.63, 3.8) is 0 Å². The molecule has 0 spiro atoms. The molecule has 1 aliphatic rings. The molecule has 1 aliphatic heterocycles. The number of hydrogen-bond acceptors (Lipinski definition) is 8. The van der Waals surface area contributed by atoms with Crippen molar-refractivity contribution >= 4 is 40.3 Å². The average Bonchev–Trinajstić information content (AvgIpc) is 3.04. The summed E-state index contributed by atoms with van der Waals surface area (Å²) in [6.07, 6.45) is -1.14. The molecule has 1 heterocycles. The molecule has 0 aromatic heterocycles. The first-order chi connectivity index (χ1) is 12.8. The number of nitro groups is 1. The zero-order valence-corrected chi connectivity index (χ0v) is 15.6. The molecular formula is C16H19N3O7S. The molecule has 2 rings (SSSR count). The second-order valence-electron chi connectivity index (χ2n) is 5.61. The van der Waals surface area contributed by atoms with Crippen LogP contribution in [0.5, 0.6) is 5.75 Å². The van der Waals surface area contributed by atoms with Gasteiger partial charge in [-0.05, 0) is 13.0 Å². The summed E-state index contributed by atoms with van der Waals surface area (Å²) in [5.41, 5.74) is -0.122. The van der Waals surface area contributed by atoms with E-state index >= 15 is 0 Å². The van der Waals surface area contributed by atoms with Crippen LogP contribution in [0.2, 0.25) is 0 Å². The number of methoxy groups -OCH3 is 1. The van der Waals surface area contributed by atoms with Gasteiger partial charge in [0.2, 0.25) is 0 Å². The fourth-order valence-corrected chi connectivity index (χ4v) is 3.16. The molecule has 0 radical (unpaired) electrons. The smallest absolute Gasteiger partial charge is 0.308 e. The second-order valence-corrected chi connectivity index (χ2v) is 6.66. The number of carbonyl (C=O) groups excluding carboxylic acids is 3. The third-order valence-corrected chi connectivity index (χ3v) is 4.65. The van der Waals surface area contributed by atoms with Gasteiger partial charge in [0.25, 0.3) is 16.8 Å². The highest BCUT2D eigenvalue weighted by atomic mass is 32.2. The molecule has 1 N–H and O–H groups in total. The van der Waals surface area contributed by atoms with Crippen LogP contribution in [0.15, 0.2) is 18.2 Å². The highest BCUT2D eigenvalue weighted by Gasteiger charge is 2.24. The van der Waals surface area contributed by atoms with Crippen molar-refractivity contribution < 1.29 is 28.8 Å². The second kappa shape index (κ2) is 9.21. The number of nitrogens with one attached hydrogen (secondary N) is 1. The first-order valence-corrected chi connectivity index (χ1v) is 9.05. The van der Waals surface area contributed by atoms with Crippen LogP contribution in [0, 0.1) is 10.1 Å². The molecule has 1 unspecified atom stereocenters. The molecular weight excluding hydrogens is 378 g/mol. The Kier molecular flexibility index (Phi) is 6.99. The van der Waals surface area contributed by atoms with Gasteiger partial charge >= 0.3 is 5.97 Å². The van der Waals surface area contributed by atoms with Crippen LogP contribution in [0.1, 0.15) is 13.3 Å². The number of rotatable bonds is 8. The summed E-state index contributed by atoms with van der Waals surface area (Å²) in [4.78, 5) is 47.4. The number of esters is 1. The highest BCUT2D eigenvalue weighted by Crippen LogP contribution is 2.29. The van der Waals surface area contributed by atoms with Gasteiger partial charge in [0.05, 0.1) is 24.1 Å². The van der Waals surface area contributed by atoms with Gasteiger partial charge in [-0.1, -0.05) is 11.8 Å². The lowest BCUT2D eigenvalue weighted by Crippen LogP contribution is -2.32. The van der Waals surface area contributed by atoms with Crippen molar-refractivity contribution in [3.05, 3.63) is 28.3 Å². The summed E-state index contributed by atoms with van der Waals surface area (Å²) in [7, 11) is 1.36. The number of ether oxygens (including phenoxy) is 2. The normalized spacial score (nSPS) is 14.6. The number of nitro benzene ring substituents is 1. The standard InChI is InChI=1S/C16H19N3O7S/c1-10(26-14(20)5-6-18-7-8-27-16(18)22)15(21)17-12-9-11(19(23)24)3-4-13(12)25-2/h3-4,9-10H,5-8H2,1-2H3,(H,17,21). The maximum absolute atomic E-state index is 12.2. The minimum atomic E-state index is -1.12. The van der Waals surface area contributed by atoms with Crippen molar-refractivity contribution in [2.45, 2.75) is 19.4 Å². The molecule has 0 bridgehead atoms. The van der Waals surface area contributed by atoms with Gasteiger partial charge < -0.3 is 19.7 Å². The number of hydrogen-bond donors (Lipinski definition) is 1. The van der Waals surface area contributed by atoms with E-state index in [-0.39, 0.29) is 35.3 Å². The first kappa shape index (κ1) is 20.5. The van der Waals surface area contributed by atoms with Crippen molar-refractivity contribution in [1.29, 1.82) is 0 Å². The molecule has 27 heavy (non-hydrogen) atoms. The molecule has 1 aromatic rings. The Hall–Kier alpha value is -2.82. The molecule has 1 fully saturated rings. The number of nitrogens with zero attached hydrogens (tertiary/aromatic N) is 2. The van der Waals surface area contributed by atoms with E-state index in [0.29, 0.717) is 12.3 Å². The summed E-state index contributed by atoms with van der Waals surface area (Å²) in [5.74, 6) is -0.349. The van der Waals surface area contributed by atoms with Gasteiger partial charge in [-0.15, -0.1) is 0 Å². The molecule has 2 amide bonds. The Morgan fingerprint density at radius 2 is 2.19 bits per heavy atom. The zero-order chi connectivity index (χ0) is 20.0. The van der Waals surface area contributed by atoms with E-state index in [1.165, 1.54) is 37.9 Å². The fourth-order valence-electron chi connectivity index (χ4n) is 2.31. The number of thioether (sulfide) groups is 1. The first-order valence-electron chi connectivity index (χ1n) is 8.06. The number of anilines is 1. The van der Waals surface area contributed by atoms with E-state index in [1.807, 2.05) is 0 Å². The van der Waals surface area contributed by atoms with Crippen LogP contribution in [0.25, 0.3) is 0 Å². The van der Waals surface area contributed by atoms with Crippen LogP contribution in [0.4, 0.5) is 16.2 Å². The van der Waals surface area contributed by atoms with Crippen LogP contribution < -0.4 is 10.1 Å². The van der Waals surface area contributed by atoms with Gasteiger partial charge in [-0.3, -0.25) is 24.5 Å². The number of carbonyl (C=O) groups is 3. The lowest BCUT2D eigenvalue weighted by atomic mass is 10.2. The van der Waals surface area contributed by atoms with Crippen molar-refractivity contribution in [2.24, 2.45) is 0 Å². The number of non-ortho nitro benzene ring substituents is 1. The Morgan fingerprint density at radius 1 is 1.44 bits per heavy atom. The largest absolute Gasteiger partial charge is 0.495 e. The van der Waals surface area contributed by atoms with E-state index in [0.717, 1.165) is 6.07 Å². The summed E-state index contributed by atoms with van der Waals surface area (Å²) in [6, 6.07) is 3.76. The quantitative estimate of drug-likeness (QED) is 0.401. The van der Waals surface area contributed by atoms with E-state index in [1.54, 1.807) is 4.90 Å². The summed E-state index contributed by atoms with van der Waals surface area (Å²) in [6.45, 7) is 2.20. The topological polar surface area (TPSA) is 128 Å². The maximum atomic E-state index is 12.2. The maximum Gasteiger partial charge on any atom is 0.308 e. The molecule has 146 valence electrons. The van der Waals surface area contributed by atoms with Gasteiger partial charge in [0.15, 0.2) is 6.10 Å². The Morgan fingerprint density at radius 3 is 2.78 bits per heavy atom. The SMILES string of the molecule is COc1ccc([N+](=O)[O-])cc1NC(=O)C(C)OC(=O)CCN1CCSC1=O.